The number of pyridine rings is 1. The van der Waals surface area contributed by atoms with Gasteiger partial charge < -0.3 is 10.0 Å². The Bertz CT molecular complexity index is 676. The van der Waals surface area contributed by atoms with Crippen molar-refractivity contribution in [1.29, 1.82) is 0 Å². The molecule has 5 heteroatoms. The molecule has 0 saturated carbocycles. The van der Waals surface area contributed by atoms with Gasteiger partial charge in [-0.05, 0) is 35.6 Å². The van der Waals surface area contributed by atoms with Gasteiger partial charge in [0.1, 0.15) is 0 Å². The molecule has 22 heavy (non-hydrogen) atoms. The predicted octanol–water partition coefficient (Wildman–Crippen LogP) is 2.36. The molecule has 116 valence electrons. The normalized spacial score (nSPS) is 17.6. The van der Waals surface area contributed by atoms with Crippen molar-refractivity contribution >= 4 is 29.3 Å². The molecule has 1 aliphatic heterocycles. The highest BCUT2D eigenvalue weighted by molar-refractivity contribution is 7.80. The summed E-state index contributed by atoms with van der Waals surface area (Å²) >= 11 is 4.11. The molecule has 1 N–H and O–H groups in total. The number of aromatic nitrogens is 1. The number of thiol groups is 1. The first-order chi connectivity index (χ1) is 10.6. The van der Waals surface area contributed by atoms with Crippen molar-refractivity contribution in [3.05, 3.63) is 42.2 Å². The second kappa shape index (κ2) is 6.26. The van der Waals surface area contributed by atoms with Crippen LogP contribution in [-0.2, 0) is 10.4 Å². The van der Waals surface area contributed by atoms with E-state index in [-0.39, 0.29) is 5.91 Å². The number of hydrogen-bond donors (Lipinski definition) is 2. The van der Waals surface area contributed by atoms with Crippen LogP contribution in [0.25, 0.3) is 10.8 Å². The van der Waals surface area contributed by atoms with Gasteiger partial charge in [-0.15, -0.1) is 0 Å². The number of hydrogen-bond acceptors (Lipinski definition) is 4. The van der Waals surface area contributed by atoms with E-state index in [0.717, 1.165) is 16.3 Å². The highest BCUT2D eigenvalue weighted by Crippen LogP contribution is 2.36. The molecule has 0 aliphatic carbocycles. The lowest BCUT2D eigenvalue weighted by molar-refractivity contribution is -0.135. The van der Waals surface area contributed by atoms with Gasteiger partial charge >= 0.3 is 0 Å². The topological polar surface area (TPSA) is 53.4 Å². The molecule has 1 aromatic heterocycles. The lowest BCUT2D eigenvalue weighted by Gasteiger charge is -2.39. The van der Waals surface area contributed by atoms with E-state index in [2.05, 4.69) is 17.6 Å². The van der Waals surface area contributed by atoms with Crippen LogP contribution in [0.2, 0.25) is 0 Å². The minimum absolute atomic E-state index is 0.124. The predicted molar refractivity (Wildman–Crippen MR) is 89.9 cm³/mol. The van der Waals surface area contributed by atoms with Crippen molar-refractivity contribution in [2.75, 3.05) is 18.8 Å². The summed E-state index contributed by atoms with van der Waals surface area (Å²) in [4.78, 5) is 17.9. The summed E-state index contributed by atoms with van der Waals surface area (Å²) in [5.41, 5.74) is 0.0622. The number of benzene rings is 1. The Kier molecular flexibility index (Phi) is 4.36. The van der Waals surface area contributed by atoms with Crippen LogP contribution in [0.3, 0.4) is 0 Å². The molecule has 1 aromatic carbocycles. The molecule has 2 heterocycles. The molecule has 2 aromatic rings. The molecule has 0 spiro atoms. The highest BCUT2D eigenvalue weighted by Gasteiger charge is 2.36. The number of aliphatic hydroxyl groups is 1. The van der Waals surface area contributed by atoms with Crippen LogP contribution in [0.15, 0.2) is 36.7 Å². The maximum Gasteiger partial charge on any atom is 0.223 e. The van der Waals surface area contributed by atoms with Crippen LogP contribution >= 0.6 is 12.6 Å². The summed E-state index contributed by atoms with van der Waals surface area (Å²) in [5.74, 6) is 0.690. The fourth-order valence-corrected chi connectivity index (χ4v) is 3.37. The van der Waals surface area contributed by atoms with E-state index in [9.17, 15) is 9.90 Å². The largest absolute Gasteiger partial charge is 0.385 e. The number of likely N-dealkylation sites (tertiary alicyclic amines) is 1. The summed E-state index contributed by atoms with van der Waals surface area (Å²) in [5, 5.41) is 13.2. The van der Waals surface area contributed by atoms with E-state index in [1.54, 1.807) is 6.20 Å². The summed E-state index contributed by atoms with van der Waals surface area (Å²) < 4.78 is 0. The monoisotopic (exact) mass is 316 g/mol. The zero-order chi connectivity index (χ0) is 15.6. The fraction of sp³-hybridized carbons (Fsp3) is 0.412. The highest BCUT2D eigenvalue weighted by atomic mass is 32.1. The van der Waals surface area contributed by atoms with Crippen molar-refractivity contribution in [3.8, 4) is 0 Å². The fourth-order valence-electron chi connectivity index (χ4n) is 3.18. The summed E-state index contributed by atoms with van der Waals surface area (Å²) in [6, 6.07) is 7.88. The number of rotatable bonds is 3. The third kappa shape index (κ3) is 2.83. The van der Waals surface area contributed by atoms with Gasteiger partial charge in [-0.2, -0.15) is 12.6 Å². The summed E-state index contributed by atoms with van der Waals surface area (Å²) in [6.45, 7) is 1.18. The molecule has 1 aliphatic rings. The van der Waals surface area contributed by atoms with Crippen molar-refractivity contribution in [2.24, 2.45) is 0 Å². The van der Waals surface area contributed by atoms with E-state index in [1.165, 1.54) is 0 Å². The van der Waals surface area contributed by atoms with Gasteiger partial charge in [0, 0.05) is 37.3 Å². The molecule has 0 bridgehead atoms. The summed E-state index contributed by atoms with van der Waals surface area (Å²) in [7, 11) is 0. The van der Waals surface area contributed by atoms with Crippen LogP contribution < -0.4 is 0 Å². The first-order valence-electron chi connectivity index (χ1n) is 7.58. The van der Waals surface area contributed by atoms with Crippen LogP contribution in [0, 0.1) is 0 Å². The maximum absolute atomic E-state index is 11.9. The van der Waals surface area contributed by atoms with Crippen molar-refractivity contribution in [1.82, 2.24) is 9.88 Å². The Morgan fingerprint density at radius 3 is 2.82 bits per heavy atom. The van der Waals surface area contributed by atoms with Gasteiger partial charge in [-0.3, -0.25) is 9.78 Å². The van der Waals surface area contributed by atoms with E-state index >= 15 is 0 Å². The van der Waals surface area contributed by atoms with E-state index in [4.69, 9.17) is 0 Å². The third-order valence-corrected chi connectivity index (χ3v) is 4.67. The molecular formula is C17H20N2O2S. The molecule has 1 saturated heterocycles. The lowest BCUT2D eigenvalue weighted by atomic mass is 9.82. The number of piperidine rings is 1. The van der Waals surface area contributed by atoms with Gasteiger partial charge in [0.25, 0.3) is 0 Å². The van der Waals surface area contributed by atoms with E-state index < -0.39 is 5.60 Å². The van der Waals surface area contributed by atoms with Gasteiger partial charge in [-0.25, -0.2) is 0 Å². The van der Waals surface area contributed by atoms with Gasteiger partial charge in [-0.1, -0.05) is 18.2 Å². The van der Waals surface area contributed by atoms with Crippen LogP contribution in [0.4, 0.5) is 0 Å². The second-order valence-electron chi connectivity index (χ2n) is 5.79. The first kappa shape index (κ1) is 15.3. The van der Waals surface area contributed by atoms with Crippen molar-refractivity contribution in [2.45, 2.75) is 24.9 Å². The number of nitrogens with zero attached hydrogens (tertiary/aromatic N) is 2. The Morgan fingerprint density at radius 2 is 2.09 bits per heavy atom. The van der Waals surface area contributed by atoms with Gasteiger partial charge in [0.05, 0.1) is 5.60 Å². The smallest absolute Gasteiger partial charge is 0.223 e. The lowest BCUT2D eigenvalue weighted by Crippen LogP contribution is -2.45. The van der Waals surface area contributed by atoms with Gasteiger partial charge in [0.15, 0.2) is 0 Å². The van der Waals surface area contributed by atoms with Crippen molar-refractivity contribution < 1.29 is 9.90 Å². The Morgan fingerprint density at radius 1 is 1.32 bits per heavy atom. The van der Waals surface area contributed by atoms with E-state index in [0.29, 0.717) is 38.1 Å². The Hall–Kier alpha value is -1.59. The molecule has 1 fully saturated rings. The van der Waals surface area contributed by atoms with Crippen LogP contribution in [0.5, 0.6) is 0 Å². The maximum atomic E-state index is 11.9. The molecule has 3 rings (SSSR count). The molecule has 0 unspecified atom stereocenters. The number of fused-ring (bicyclic) bond motifs is 1. The van der Waals surface area contributed by atoms with E-state index in [1.807, 2.05) is 35.4 Å². The van der Waals surface area contributed by atoms with Gasteiger partial charge in [0.2, 0.25) is 5.91 Å². The minimum atomic E-state index is -0.876. The Labute approximate surface area is 135 Å². The molecule has 1 amide bonds. The quantitative estimate of drug-likeness (QED) is 0.855. The SMILES string of the molecule is O=C(CCS)N1CCC(O)(c2cccc3cnccc23)CC1. The zero-order valence-electron chi connectivity index (χ0n) is 12.4. The average Bonchev–Trinajstić information content (AvgIpc) is 2.55. The molecular weight excluding hydrogens is 296 g/mol. The molecule has 0 atom stereocenters. The molecule has 0 radical (unpaired) electrons. The first-order valence-corrected chi connectivity index (χ1v) is 8.21. The van der Waals surface area contributed by atoms with Crippen LogP contribution in [0.1, 0.15) is 24.8 Å². The van der Waals surface area contributed by atoms with Crippen molar-refractivity contribution in [3.63, 3.8) is 0 Å². The average molecular weight is 316 g/mol. The number of carbonyl (C=O) groups is 1. The second-order valence-corrected chi connectivity index (χ2v) is 6.24. The van der Waals surface area contributed by atoms with Crippen LogP contribution in [-0.4, -0.2) is 39.7 Å². The Balaban J connectivity index is 1.84. The third-order valence-electron chi connectivity index (χ3n) is 4.45. The zero-order valence-corrected chi connectivity index (χ0v) is 13.3. The molecule has 4 nitrogen and oxygen atoms in total. The standard InChI is InChI=1S/C17H20N2O2S/c20-16(5-11-22)19-9-6-17(21,7-10-19)15-3-1-2-13-12-18-8-4-14(13)15/h1-4,8,12,21-22H,5-7,9-11H2. The summed E-state index contributed by atoms with van der Waals surface area (Å²) in [6.07, 6.45) is 5.15. The number of amides is 1. The minimum Gasteiger partial charge on any atom is -0.385 e. The number of carbonyl (C=O) groups excluding carboxylic acids is 1.